The third kappa shape index (κ3) is 3.90. The Kier molecular flexibility index (Phi) is 5.08. The molecule has 0 fully saturated rings. The molecular weight excluding hydrogens is 274 g/mol. The molecule has 1 aromatic heterocycles. The molecule has 2 N–H and O–H groups in total. The lowest BCUT2D eigenvalue weighted by Crippen LogP contribution is -2.29. The van der Waals surface area contributed by atoms with Gasteiger partial charge in [-0.3, -0.25) is 9.59 Å². The number of benzene rings is 1. The Morgan fingerprint density at radius 1 is 1.43 bits per heavy atom. The van der Waals surface area contributed by atoms with Gasteiger partial charge >= 0.3 is 0 Å². The van der Waals surface area contributed by atoms with Crippen molar-refractivity contribution in [1.29, 1.82) is 0 Å². The molecule has 0 saturated heterocycles. The summed E-state index contributed by atoms with van der Waals surface area (Å²) in [5.41, 5.74) is 0.107. The van der Waals surface area contributed by atoms with Crippen molar-refractivity contribution in [3.8, 4) is 0 Å². The zero-order valence-electron chi connectivity index (χ0n) is 11.7. The minimum absolute atomic E-state index is 0.0417. The summed E-state index contributed by atoms with van der Waals surface area (Å²) >= 11 is 0. The number of methoxy groups -OCH3 is 1. The molecule has 0 aliphatic carbocycles. The van der Waals surface area contributed by atoms with Crippen LogP contribution in [0.5, 0.6) is 0 Å². The van der Waals surface area contributed by atoms with E-state index in [-0.39, 0.29) is 24.3 Å². The molecule has 112 valence electrons. The highest BCUT2D eigenvalue weighted by atomic mass is 16.5. The van der Waals surface area contributed by atoms with Crippen molar-refractivity contribution >= 4 is 16.9 Å². The molecule has 0 saturated carbocycles. The summed E-state index contributed by atoms with van der Waals surface area (Å²) in [6.45, 7) is 0.473. The Balaban J connectivity index is 2.04. The van der Waals surface area contributed by atoms with Gasteiger partial charge < -0.3 is 19.6 Å². The van der Waals surface area contributed by atoms with Gasteiger partial charge in [0.2, 0.25) is 0 Å². The number of rotatable bonds is 6. The van der Waals surface area contributed by atoms with E-state index in [1.54, 1.807) is 24.3 Å². The fourth-order valence-corrected chi connectivity index (χ4v) is 1.93. The van der Waals surface area contributed by atoms with Gasteiger partial charge in [0.1, 0.15) is 5.58 Å². The Bertz CT molecular complexity index is 679. The van der Waals surface area contributed by atoms with E-state index >= 15 is 0 Å². The van der Waals surface area contributed by atoms with Crippen LogP contribution in [0.1, 0.15) is 17.0 Å². The lowest BCUT2D eigenvalue weighted by Gasteiger charge is -2.09. The normalized spacial score (nSPS) is 12.3. The highest BCUT2D eigenvalue weighted by Crippen LogP contribution is 2.11. The van der Waals surface area contributed by atoms with E-state index in [1.807, 2.05) is 0 Å². The third-order valence-electron chi connectivity index (χ3n) is 2.98. The molecule has 6 nitrogen and oxygen atoms in total. The fourth-order valence-electron chi connectivity index (χ4n) is 1.93. The summed E-state index contributed by atoms with van der Waals surface area (Å²) in [5.74, 6) is -0.526. The molecule has 1 unspecified atom stereocenters. The lowest BCUT2D eigenvalue weighted by molar-refractivity contribution is 0.0586. The van der Waals surface area contributed by atoms with Gasteiger partial charge in [0.05, 0.1) is 18.1 Å². The number of fused-ring (bicyclic) bond motifs is 1. The number of hydrogen-bond donors (Lipinski definition) is 2. The number of aliphatic hydroxyl groups excluding tert-OH is 1. The molecule has 1 atom stereocenters. The monoisotopic (exact) mass is 291 g/mol. The first-order chi connectivity index (χ1) is 10.1. The van der Waals surface area contributed by atoms with Gasteiger partial charge in [-0.1, -0.05) is 12.1 Å². The van der Waals surface area contributed by atoms with Crippen molar-refractivity contribution in [2.45, 2.75) is 12.5 Å². The number of hydrogen-bond acceptors (Lipinski definition) is 5. The van der Waals surface area contributed by atoms with E-state index in [2.05, 4.69) is 5.32 Å². The molecule has 1 heterocycles. The average molecular weight is 291 g/mol. The van der Waals surface area contributed by atoms with E-state index < -0.39 is 12.0 Å². The van der Waals surface area contributed by atoms with Crippen LogP contribution in [0.3, 0.4) is 0 Å². The molecule has 2 rings (SSSR count). The topological polar surface area (TPSA) is 88.8 Å². The van der Waals surface area contributed by atoms with Crippen molar-refractivity contribution < 1.29 is 19.1 Å². The molecule has 6 heteroatoms. The molecule has 1 amide bonds. The zero-order valence-corrected chi connectivity index (χ0v) is 11.7. The van der Waals surface area contributed by atoms with Crippen LogP contribution >= 0.6 is 0 Å². The number of carbonyl (C=O) groups excluding carboxylic acids is 1. The van der Waals surface area contributed by atoms with Gasteiger partial charge in [0, 0.05) is 19.7 Å². The van der Waals surface area contributed by atoms with Crippen molar-refractivity contribution in [3.63, 3.8) is 0 Å². The third-order valence-corrected chi connectivity index (χ3v) is 2.98. The lowest BCUT2D eigenvalue weighted by atomic mass is 10.2. The van der Waals surface area contributed by atoms with Crippen molar-refractivity contribution in [2.75, 3.05) is 20.3 Å². The van der Waals surface area contributed by atoms with Crippen molar-refractivity contribution in [2.24, 2.45) is 0 Å². The van der Waals surface area contributed by atoms with Gasteiger partial charge in [-0.15, -0.1) is 0 Å². The standard InChI is InChI=1S/C15H17NO5/c1-20-9-10(17)6-7-16-15(19)14-8-12(18)11-4-2-3-5-13(11)21-14/h2-5,8,10,17H,6-7,9H2,1H3,(H,16,19). The molecule has 0 aliphatic heterocycles. The predicted molar refractivity (Wildman–Crippen MR) is 77.3 cm³/mol. The molecule has 2 aromatic rings. The van der Waals surface area contributed by atoms with Crippen LogP contribution in [0, 0.1) is 0 Å². The molecular formula is C15H17NO5. The van der Waals surface area contributed by atoms with Crippen LogP contribution < -0.4 is 10.7 Å². The number of ether oxygens (including phenoxy) is 1. The first-order valence-electron chi connectivity index (χ1n) is 6.60. The van der Waals surface area contributed by atoms with E-state index in [0.717, 1.165) is 0 Å². The van der Waals surface area contributed by atoms with Crippen LogP contribution in [0.4, 0.5) is 0 Å². The quantitative estimate of drug-likeness (QED) is 0.826. The number of nitrogens with one attached hydrogen (secondary N) is 1. The Labute approximate surface area is 121 Å². The summed E-state index contributed by atoms with van der Waals surface area (Å²) in [5, 5.41) is 12.5. The Hall–Kier alpha value is -2.18. The number of aliphatic hydroxyl groups is 1. The second-order valence-electron chi connectivity index (χ2n) is 4.62. The highest BCUT2D eigenvalue weighted by molar-refractivity contribution is 5.93. The number of carbonyl (C=O) groups is 1. The second kappa shape index (κ2) is 7.01. The van der Waals surface area contributed by atoms with Gasteiger partial charge in [-0.05, 0) is 18.6 Å². The zero-order chi connectivity index (χ0) is 15.2. The van der Waals surface area contributed by atoms with Gasteiger partial charge in [-0.2, -0.15) is 0 Å². The van der Waals surface area contributed by atoms with Crippen LogP contribution in [0.15, 0.2) is 39.5 Å². The summed E-state index contributed by atoms with van der Waals surface area (Å²) in [4.78, 5) is 23.8. The highest BCUT2D eigenvalue weighted by Gasteiger charge is 2.12. The first kappa shape index (κ1) is 15.2. The number of amides is 1. The smallest absolute Gasteiger partial charge is 0.287 e. The van der Waals surface area contributed by atoms with Gasteiger partial charge in [0.15, 0.2) is 11.2 Å². The Morgan fingerprint density at radius 3 is 2.95 bits per heavy atom. The molecule has 0 radical (unpaired) electrons. The van der Waals surface area contributed by atoms with E-state index in [1.165, 1.54) is 13.2 Å². The van der Waals surface area contributed by atoms with Crippen LogP contribution in [0.2, 0.25) is 0 Å². The minimum atomic E-state index is -0.640. The van der Waals surface area contributed by atoms with E-state index in [4.69, 9.17) is 9.15 Å². The largest absolute Gasteiger partial charge is 0.451 e. The molecule has 1 aromatic carbocycles. The number of para-hydroxylation sites is 1. The van der Waals surface area contributed by atoms with Crippen LogP contribution in [-0.2, 0) is 4.74 Å². The fraction of sp³-hybridized carbons (Fsp3) is 0.333. The maximum atomic E-state index is 11.9. The SMILES string of the molecule is COCC(O)CCNC(=O)c1cc(=O)c2ccccc2o1. The van der Waals surface area contributed by atoms with Gasteiger partial charge in [0.25, 0.3) is 5.91 Å². The first-order valence-corrected chi connectivity index (χ1v) is 6.60. The summed E-state index contributed by atoms with van der Waals surface area (Å²) in [6.07, 6.45) is -0.281. The summed E-state index contributed by atoms with van der Waals surface area (Å²) in [6, 6.07) is 7.91. The van der Waals surface area contributed by atoms with Crippen LogP contribution in [-0.4, -0.2) is 37.4 Å². The average Bonchev–Trinajstić information content (AvgIpc) is 2.47. The molecule has 0 bridgehead atoms. The van der Waals surface area contributed by atoms with Gasteiger partial charge in [-0.25, -0.2) is 0 Å². The van der Waals surface area contributed by atoms with E-state index in [0.29, 0.717) is 17.4 Å². The van der Waals surface area contributed by atoms with Crippen molar-refractivity contribution in [3.05, 3.63) is 46.3 Å². The van der Waals surface area contributed by atoms with E-state index in [9.17, 15) is 14.7 Å². The molecule has 0 spiro atoms. The molecule has 0 aliphatic rings. The Morgan fingerprint density at radius 2 is 2.19 bits per heavy atom. The summed E-state index contributed by atoms with van der Waals surface area (Å²) in [7, 11) is 1.49. The maximum absolute atomic E-state index is 11.9. The second-order valence-corrected chi connectivity index (χ2v) is 4.62. The minimum Gasteiger partial charge on any atom is -0.451 e. The summed E-state index contributed by atoms with van der Waals surface area (Å²) < 4.78 is 10.2. The van der Waals surface area contributed by atoms with Crippen molar-refractivity contribution in [1.82, 2.24) is 5.32 Å². The maximum Gasteiger partial charge on any atom is 0.287 e. The predicted octanol–water partition coefficient (Wildman–Crippen LogP) is 0.920. The van der Waals surface area contributed by atoms with Crippen LogP contribution in [0.25, 0.3) is 11.0 Å². The molecule has 21 heavy (non-hydrogen) atoms.